The van der Waals surface area contributed by atoms with Crippen molar-refractivity contribution in [3.05, 3.63) is 91.0 Å². The molecule has 38 heavy (non-hydrogen) atoms. The molecule has 5 aromatic rings. The van der Waals surface area contributed by atoms with Gasteiger partial charge in [0.15, 0.2) is 0 Å². The van der Waals surface area contributed by atoms with E-state index in [1.54, 1.807) is 0 Å². The molecule has 2 saturated heterocycles. The van der Waals surface area contributed by atoms with Gasteiger partial charge in [0.1, 0.15) is 0 Å². The Morgan fingerprint density at radius 2 is 1.82 bits per heavy atom. The predicted molar refractivity (Wildman–Crippen MR) is 153 cm³/mol. The first-order valence-corrected chi connectivity index (χ1v) is 13.4. The monoisotopic (exact) mass is 501 g/mol. The lowest BCUT2D eigenvalue weighted by atomic mass is 10.1. The maximum atomic E-state index is 4.84. The minimum atomic E-state index is 0.600. The van der Waals surface area contributed by atoms with Crippen LogP contribution in [0, 0.1) is 6.92 Å². The van der Waals surface area contributed by atoms with E-state index in [2.05, 4.69) is 92.2 Å². The zero-order valence-corrected chi connectivity index (χ0v) is 21.7. The molecular weight excluding hydrogens is 470 g/mol. The summed E-state index contributed by atoms with van der Waals surface area (Å²) in [5, 5.41) is 4.59. The lowest BCUT2D eigenvalue weighted by Crippen LogP contribution is -2.46. The molecular formula is C31H31N7. The number of nitrogens with zero attached hydrogens (tertiary/aromatic N) is 6. The molecule has 0 unspecified atom stereocenters. The summed E-state index contributed by atoms with van der Waals surface area (Å²) in [6.45, 7) is 7.94. The maximum absolute atomic E-state index is 4.84. The molecule has 0 aliphatic carbocycles. The van der Waals surface area contributed by atoms with Crippen molar-refractivity contribution >= 4 is 28.2 Å². The molecule has 2 bridgehead atoms. The van der Waals surface area contributed by atoms with Crippen LogP contribution in [0.3, 0.4) is 0 Å². The predicted octanol–water partition coefficient (Wildman–Crippen LogP) is 5.82. The second-order valence-electron chi connectivity index (χ2n) is 10.3. The Kier molecular flexibility index (Phi) is 5.59. The molecule has 0 amide bonds. The highest BCUT2D eigenvalue weighted by atomic mass is 15.3. The van der Waals surface area contributed by atoms with E-state index in [0.717, 1.165) is 46.6 Å². The van der Waals surface area contributed by atoms with Crippen LogP contribution < -0.4 is 10.2 Å². The van der Waals surface area contributed by atoms with Crippen molar-refractivity contribution in [1.82, 2.24) is 24.4 Å². The molecule has 1 N–H and O–H groups in total. The number of pyridine rings is 1. The van der Waals surface area contributed by atoms with Crippen LogP contribution in [0.15, 0.2) is 85.5 Å². The van der Waals surface area contributed by atoms with Crippen molar-refractivity contribution in [2.24, 2.45) is 0 Å². The lowest BCUT2D eigenvalue weighted by molar-refractivity contribution is 0.251. The highest BCUT2D eigenvalue weighted by Crippen LogP contribution is 2.37. The van der Waals surface area contributed by atoms with Crippen LogP contribution in [0.2, 0.25) is 0 Å². The minimum Gasteiger partial charge on any atom is -0.365 e. The Morgan fingerprint density at radius 1 is 0.921 bits per heavy atom. The fourth-order valence-electron chi connectivity index (χ4n) is 6.23. The van der Waals surface area contributed by atoms with E-state index in [1.807, 2.05) is 36.8 Å². The number of benzene rings is 2. The Bertz CT molecular complexity index is 1610. The number of nitrogens with one attached hydrogen (secondary N) is 1. The van der Waals surface area contributed by atoms with E-state index < -0.39 is 0 Å². The number of likely N-dealkylation sites (N-methyl/N-ethyl adjacent to an activating group) is 1. The molecule has 2 aliphatic rings. The molecule has 2 aromatic carbocycles. The number of likely N-dealkylation sites (tertiary alicyclic amines) is 1. The lowest BCUT2D eigenvalue weighted by Gasteiger charge is -2.36. The summed E-state index contributed by atoms with van der Waals surface area (Å²) >= 11 is 0. The molecule has 0 spiro atoms. The maximum Gasteiger partial charge on any atom is 0.227 e. The standard InChI is InChI=1S/C31H31N7/c1-3-36-19-27-18-26(36)20-38(27)29-7-5-24(16-21(29)2)34-31-33-14-10-28(35-31)22-4-6-30-23(17-22)11-15-37(30)25-8-12-32-13-9-25/h4-17,26-27H,3,18-20H2,1-2H3,(H,33,34,35)/t26-,27-/m0/s1. The van der Waals surface area contributed by atoms with Crippen molar-refractivity contribution in [2.75, 3.05) is 29.9 Å². The van der Waals surface area contributed by atoms with E-state index in [4.69, 9.17) is 4.98 Å². The van der Waals surface area contributed by atoms with Crippen LogP contribution in [0.1, 0.15) is 18.9 Å². The number of hydrogen-bond acceptors (Lipinski definition) is 6. The van der Waals surface area contributed by atoms with E-state index in [9.17, 15) is 0 Å². The van der Waals surface area contributed by atoms with Crippen molar-refractivity contribution in [3.8, 4) is 16.9 Å². The first-order valence-electron chi connectivity index (χ1n) is 13.4. The van der Waals surface area contributed by atoms with Crippen LogP contribution in [0.25, 0.3) is 27.8 Å². The number of fused-ring (bicyclic) bond motifs is 3. The topological polar surface area (TPSA) is 62.1 Å². The fourth-order valence-corrected chi connectivity index (χ4v) is 6.23. The molecule has 7 nitrogen and oxygen atoms in total. The number of rotatable bonds is 6. The molecule has 2 atom stereocenters. The number of piperazine rings is 1. The van der Waals surface area contributed by atoms with Gasteiger partial charge in [0.25, 0.3) is 0 Å². The van der Waals surface area contributed by atoms with E-state index in [1.165, 1.54) is 24.2 Å². The second kappa shape index (κ2) is 9.26. The minimum absolute atomic E-state index is 0.600. The van der Waals surface area contributed by atoms with Crippen LogP contribution in [0.4, 0.5) is 17.3 Å². The highest BCUT2D eigenvalue weighted by Gasteiger charge is 2.42. The molecule has 7 heteroatoms. The van der Waals surface area contributed by atoms with E-state index in [-0.39, 0.29) is 0 Å². The number of aryl methyl sites for hydroxylation is 1. The first-order chi connectivity index (χ1) is 18.7. The van der Waals surface area contributed by atoms with Gasteiger partial charge in [0.2, 0.25) is 5.95 Å². The van der Waals surface area contributed by atoms with Gasteiger partial charge in [-0.1, -0.05) is 13.0 Å². The van der Waals surface area contributed by atoms with Crippen molar-refractivity contribution in [1.29, 1.82) is 0 Å². The molecule has 5 heterocycles. The third kappa shape index (κ3) is 4.00. The van der Waals surface area contributed by atoms with Gasteiger partial charge in [-0.15, -0.1) is 0 Å². The van der Waals surface area contributed by atoms with Crippen molar-refractivity contribution in [2.45, 2.75) is 32.4 Å². The Balaban J connectivity index is 1.10. The van der Waals surface area contributed by atoms with Crippen LogP contribution in [-0.2, 0) is 0 Å². The van der Waals surface area contributed by atoms with Gasteiger partial charge in [0.05, 0.1) is 11.2 Å². The third-order valence-corrected chi connectivity index (χ3v) is 8.11. The largest absolute Gasteiger partial charge is 0.365 e. The highest BCUT2D eigenvalue weighted by molar-refractivity contribution is 5.86. The molecule has 2 aliphatic heterocycles. The smallest absolute Gasteiger partial charge is 0.227 e. The third-order valence-electron chi connectivity index (χ3n) is 8.11. The Labute approximate surface area is 222 Å². The van der Waals surface area contributed by atoms with Crippen LogP contribution >= 0.6 is 0 Å². The van der Waals surface area contributed by atoms with Gasteiger partial charge < -0.3 is 14.8 Å². The molecule has 0 saturated carbocycles. The summed E-state index contributed by atoms with van der Waals surface area (Å²) in [7, 11) is 0. The normalized spacial score (nSPS) is 18.9. The summed E-state index contributed by atoms with van der Waals surface area (Å²) < 4.78 is 2.17. The SMILES string of the molecule is CCN1C[C@@H]2C[C@H]1CN2c1ccc(Nc2nccc(-c3ccc4c(ccn4-c4ccncc4)c3)n2)cc1C. The van der Waals surface area contributed by atoms with Crippen LogP contribution in [0.5, 0.6) is 0 Å². The number of hydrogen-bond donors (Lipinski definition) is 1. The summed E-state index contributed by atoms with van der Waals surface area (Å²) in [5.74, 6) is 0.600. The zero-order valence-electron chi connectivity index (χ0n) is 21.7. The summed E-state index contributed by atoms with van der Waals surface area (Å²) in [6, 6.07) is 22.5. The average Bonchev–Trinajstić information content (AvgIpc) is 3.68. The average molecular weight is 502 g/mol. The van der Waals surface area contributed by atoms with Crippen molar-refractivity contribution < 1.29 is 0 Å². The Morgan fingerprint density at radius 3 is 2.61 bits per heavy atom. The van der Waals surface area contributed by atoms with Crippen LogP contribution in [-0.4, -0.2) is 56.1 Å². The second-order valence-corrected chi connectivity index (χ2v) is 10.3. The van der Waals surface area contributed by atoms with Gasteiger partial charge in [-0.25, -0.2) is 9.97 Å². The zero-order chi connectivity index (χ0) is 25.6. The quantitative estimate of drug-likeness (QED) is 0.317. The Hall–Kier alpha value is -4.23. The molecule has 190 valence electrons. The van der Waals surface area contributed by atoms with Gasteiger partial charge in [-0.3, -0.25) is 9.88 Å². The number of anilines is 3. The molecule has 2 fully saturated rings. The summed E-state index contributed by atoms with van der Waals surface area (Å²) in [6.07, 6.45) is 8.83. The van der Waals surface area contributed by atoms with Gasteiger partial charge in [-0.05, 0) is 80.1 Å². The summed E-state index contributed by atoms with van der Waals surface area (Å²) in [4.78, 5) is 18.7. The van der Waals surface area contributed by atoms with E-state index >= 15 is 0 Å². The van der Waals surface area contributed by atoms with Gasteiger partial charge in [0, 0.05) is 78.0 Å². The van der Waals surface area contributed by atoms with Gasteiger partial charge >= 0.3 is 0 Å². The number of aromatic nitrogens is 4. The fraction of sp³-hybridized carbons (Fsp3) is 0.258. The van der Waals surface area contributed by atoms with E-state index in [0.29, 0.717) is 18.0 Å². The summed E-state index contributed by atoms with van der Waals surface area (Å²) in [5.41, 5.74) is 7.84. The first kappa shape index (κ1) is 22.9. The van der Waals surface area contributed by atoms with Gasteiger partial charge in [-0.2, -0.15) is 0 Å². The molecule has 3 aromatic heterocycles. The molecule has 7 rings (SSSR count). The van der Waals surface area contributed by atoms with Crippen molar-refractivity contribution in [3.63, 3.8) is 0 Å². The molecule has 0 radical (unpaired) electrons.